The number of halogens is 1. The quantitative estimate of drug-likeness (QED) is 0.673. The van der Waals surface area contributed by atoms with Crippen molar-refractivity contribution in [1.29, 1.82) is 0 Å². The van der Waals surface area contributed by atoms with E-state index in [-0.39, 0.29) is 12.1 Å². The van der Waals surface area contributed by atoms with E-state index in [1.54, 1.807) is 0 Å². The minimum atomic E-state index is -0.0348. The van der Waals surface area contributed by atoms with Crippen LogP contribution >= 0.6 is 23.8 Å². The highest BCUT2D eigenvalue weighted by Gasteiger charge is 2.41. The van der Waals surface area contributed by atoms with Gasteiger partial charge < -0.3 is 14.8 Å². The van der Waals surface area contributed by atoms with Crippen LogP contribution in [0.3, 0.4) is 0 Å². The van der Waals surface area contributed by atoms with Crippen molar-refractivity contribution in [3.63, 3.8) is 0 Å². The minimum Gasteiger partial charge on any atom is -0.351 e. The lowest BCUT2D eigenvalue weighted by molar-refractivity contribution is 0.539. The summed E-state index contributed by atoms with van der Waals surface area (Å²) in [5, 5.41) is 4.86. The van der Waals surface area contributed by atoms with E-state index < -0.39 is 0 Å². The summed E-state index contributed by atoms with van der Waals surface area (Å²) in [5.74, 6) is 0. The Morgan fingerprint density at radius 1 is 1.08 bits per heavy atom. The van der Waals surface area contributed by atoms with Crippen molar-refractivity contribution in [3.05, 3.63) is 82.9 Å². The molecule has 1 saturated heterocycles. The molecule has 0 saturated carbocycles. The normalized spacial score (nSPS) is 19.7. The molecule has 0 unspecified atom stereocenters. The van der Waals surface area contributed by atoms with Crippen LogP contribution in [0.2, 0.25) is 5.02 Å². The average molecular weight is 383 g/mol. The average Bonchev–Trinajstić information content (AvgIpc) is 3.16. The number of aromatic nitrogens is 2. The number of hydrogen-bond donors (Lipinski definition) is 1. The second-order valence-electron chi connectivity index (χ2n) is 6.43. The zero-order chi connectivity index (χ0) is 18.3. The maximum Gasteiger partial charge on any atom is 0.174 e. The van der Waals surface area contributed by atoms with E-state index in [4.69, 9.17) is 23.8 Å². The second kappa shape index (κ2) is 6.74. The van der Waals surface area contributed by atoms with E-state index in [1.165, 1.54) is 11.4 Å². The molecule has 3 aromatic rings. The molecule has 0 radical (unpaired) electrons. The summed E-state index contributed by atoms with van der Waals surface area (Å²) in [6.45, 7) is 2.10. The molecule has 3 heterocycles. The lowest BCUT2D eigenvalue weighted by Crippen LogP contribution is -2.30. The molecule has 2 aromatic heterocycles. The molecule has 0 amide bonds. The monoisotopic (exact) mass is 382 g/mol. The molecule has 0 spiro atoms. The summed E-state index contributed by atoms with van der Waals surface area (Å²) in [7, 11) is 2.08. The van der Waals surface area contributed by atoms with Gasteiger partial charge >= 0.3 is 0 Å². The Kier molecular flexibility index (Phi) is 4.42. The molecule has 6 heteroatoms. The fourth-order valence-electron chi connectivity index (χ4n) is 3.47. The van der Waals surface area contributed by atoms with Crippen molar-refractivity contribution in [2.24, 2.45) is 7.05 Å². The van der Waals surface area contributed by atoms with Gasteiger partial charge in [-0.05, 0) is 67.7 Å². The van der Waals surface area contributed by atoms with Crippen LogP contribution in [0, 0.1) is 6.92 Å². The second-order valence-corrected chi connectivity index (χ2v) is 7.25. The van der Waals surface area contributed by atoms with Gasteiger partial charge in [-0.15, -0.1) is 0 Å². The highest BCUT2D eigenvalue weighted by Crippen LogP contribution is 2.41. The van der Waals surface area contributed by atoms with Gasteiger partial charge in [0.05, 0.1) is 11.7 Å². The van der Waals surface area contributed by atoms with Crippen LogP contribution in [0.1, 0.15) is 29.2 Å². The molecule has 1 fully saturated rings. The van der Waals surface area contributed by atoms with Gasteiger partial charge in [-0.25, -0.2) is 0 Å². The van der Waals surface area contributed by atoms with Crippen LogP contribution in [0.4, 0.5) is 5.69 Å². The molecule has 132 valence electrons. The number of benzene rings is 1. The molecular formula is C20H19ClN4S. The Morgan fingerprint density at radius 2 is 1.85 bits per heavy atom. The first-order chi connectivity index (χ1) is 12.6. The smallest absolute Gasteiger partial charge is 0.174 e. The fourth-order valence-corrected chi connectivity index (χ4v) is 3.94. The molecule has 0 bridgehead atoms. The van der Waals surface area contributed by atoms with Gasteiger partial charge in [-0.3, -0.25) is 4.98 Å². The number of aryl methyl sites for hydroxylation is 1. The number of pyridine rings is 1. The van der Waals surface area contributed by atoms with Crippen LogP contribution in [0.15, 0.2) is 60.8 Å². The third-order valence-corrected chi connectivity index (χ3v) is 5.48. The maximum absolute atomic E-state index is 6.08. The zero-order valence-corrected chi connectivity index (χ0v) is 16.1. The van der Waals surface area contributed by atoms with Gasteiger partial charge in [-0.1, -0.05) is 17.7 Å². The largest absolute Gasteiger partial charge is 0.351 e. The van der Waals surface area contributed by atoms with Crippen molar-refractivity contribution in [3.8, 4) is 0 Å². The maximum atomic E-state index is 6.08. The summed E-state index contributed by atoms with van der Waals surface area (Å²) in [6.07, 6.45) is 1.82. The number of rotatable bonds is 3. The van der Waals surface area contributed by atoms with Crippen molar-refractivity contribution in [2.45, 2.75) is 19.0 Å². The Balaban J connectivity index is 1.85. The number of nitrogens with one attached hydrogen (secondary N) is 1. The van der Waals surface area contributed by atoms with Crippen molar-refractivity contribution in [1.82, 2.24) is 14.9 Å². The lowest BCUT2D eigenvalue weighted by Gasteiger charge is -2.28. The van der Waals surface area contributed by atoms with E-state index >= 15 is 0 Å². The number of thiocarbonyl (C=S) groups is 1. The standard InChI is InChI=1S/C20H19ClN4S/c1-13-6-11-17(24(13)2)19-18(16-5-3-4-12-22-16)23-20(26)25(19)15-9-7-14(21)8-10-15/h3-12,18-19H,1-2H3,(H,23,26)/t18-,19+/m1/s1. The topological polar surface area (TPSA) is 33.1 Å². The number of nitrogens with zero attached hydrogens (tertiary/aromatic N) is 3. The van der Waals surface area contributed by atoms with Crippen LogP contribution < -0.4 is 10.2 Å². The Labute approximate surface area is 163 Å². The van der Waals surface area contributed by atoms with Gasteiger partial charge in [0, 0.05) is 35.3 Å². The molecule has 1 N–H and O–H groups in total. The number of hydrogen-bond acceptors (Lipinski definition) is 2. The third-order valence-electron chi connectivity index (χ3n) is 4.92. The van der Waals surface area contributed by atoms with E-state index in [1.807, 2.05) is 48.7 Å². The fraction of sp³-hybridized carbons (Fsp3) is 0.200. The van der Waals surface area contributed by atoms with E-state index in [0.717, 1.165) is 11.4 Å². The summed E-state index contributed by atoms with van der Waals surface area (Å²) in [4.78, 5) is 6.72. The van der Waals surface area contributed by atoms with Crippen LogP contribution in [-0.2, 0) is 7.05 Å². The highest BCUT2D eigenvalue weighted by molar-refractivity contribution is 7.80. The Hall–Kier alpha value is -2.37. The van der Waals surface area contributed by atoms with Gasteiger partial charge in [0.25, 0.3) is 0 Å². The molecule has 1 aliphatic rings. The van der Waals surface area contributed by atoms with Gasteiger partial charge in [-0.2, -0.15) is 0 Å². The molecule has 4 rings (SSSR count). The lowest BCUT2D eigenvalue weighted by atomic mass is 10.0. The Bertz CT molecular complexity index is 936. The molecular weight excluding hydrogens is 364 g/mol. The predicted molar refractivity (Wildman–Crippen MR) is 110 cm³/mol. The summed E-state index contributed by atoms with van der Waals surface area (Å²) >= 11 is 11.8. The van der Waals surface area contributed by atoms with E-state index in [9.17, 15) is 0 Å². The van der Waals surface area contributed by atoms with Gasteiger partial charge in [0.2, 0.25) is 0 Å². The van der Waals surface area contributed by atoms with E-state index in [2.05, 4.69) is 45.9 Å². The molecule has 26 heavy (non-hydrogen) atoms. The van der Waals surface area contributed by atoms with E-state index in [0.29, 0.717) is 10.1 Å². The molecule has 2 atom stereocenters. The first-order valence-corrected chi connectivity index (χ1v) is 9.23. The predicted octanol–water partition coefficient (Wildman–Crippen LogP) is 4.56. The van der Waals surface area contributed by atoms with Crippen LogP contribution in [0.25, 0.3) is 0 Å². The number of anilines is 1. The van der Waals surface area contributed by atoms with Crippen molar-refractivity contribution in [2.75, 3.05) is 4.90 Å². The first-order valence-electron chi connectivity index (χ1n) is 8.44. The summed E-state index contributed by atoms with van der Waals surface area (Å²) in [6, 6.07) is 18.0. The van der Waals surface area contributed by atoms with Crippen molar-refractivity contribution < 1.29 is 0 Å². The van der Waals surface area contributed by atoms with Gasteiger partial charge in [0.1, 0.15) is 6.04 Å². The third kappa shape index (κ3) is 2.87. The van der Waals surface area contributed by atoms with Crippen LogP contribution in [0.5, 0.6) is 0 Å². The summed E-state index contributed by atoms with van der Waals surface area (Å²) < 4.78 is 2.21. The first kappa shape index (κ1) is 17.1. The van der Waals surface area contributed by atoms with Crippen LogP contribution in [-0.4, -0.2) is 14.7 Å². The minimum absolute atomic E-state index is 0.00252. The molecule has 1 aromatic carbocycles. The Morgan fingerprint density at radius 3 is 2.46 bits per heavy atom. The zero-order valence-electron chi connectivity index (χ0n) is 14.6. The van der Waals surface area contributed by atoms with Crippen molar-refractivity contribution >= 4 is 34.6 Å². The van der Waals surface area contributed by atoms with Gasteiger partial charge in [0.15, 0.2) is 5.11 Å². The SMILES string of the molecule is Cc1ccc([C@H]2[C@@H](c3ccccn3)NC(=S)N2c2ccc(Cl)cc2)n1C. The highest BCUT2D eigenvalue weighted by atomic mass is 35.5. The molecule has 4 nitrogen and oxygen atoms in total. The summed E-state index contributed by atoms with van der Waals surface area (Å²) in [5.41, 5.74) is 4.36. The molecule has 0 aliphatic carbocycles. The molecule has 1 aliphatic heterocycles.